The normalized spacial score (nSPS) is 19.4. The van der Waals surface area contributed by atoms with Crippen LogP contribution in [0.15, 0.2) is 30.6 Å². The average molecular weight is 339 g/mol. The Hall–Kier alpha value is -2.43. The second-order valence-electron chi connectivity index (χ2n) is 7.09. The van der Waals surface area contributed by atoms with Gasteiger partial charge in [-0.15, -0.1) is 0 Å². The van der Waals surface area contributed by atoms with Gasteiger partial charge in [-0.1, -0.05) is 19.1 Å². The fourth-order valence-corrected chi connectivity index (χ4v) is 3.38. The monoisotopic (exact) mass is 339 g/mol. The van der Waals surface area contributed by atoms with E-state index >= 15 is 0 Å². The van der Waals surface area contributed by atoms with Gasteiger partial charge in [-0.05, 0) is 55.4 Å². The Morgan fingerprint density at radius 2 is 1.92 bits per heavy atom. The molecule has 0 spiro atoms. The highest BCUT2D eigenvalue weighted by Crippen LogP contribution is 2.41. The SMILES string of the molecule is Cc1c(C)n(CC2CC2C)c2c(OCc3ccc(F)cc3)ncnc12. The van der Waals surface area contributed by atoms with Gasteiger partial charge in [-0.3, -0.25) is 0 Å². The van der Waals surface area contributed by atoms with Crippen molar-refractivity contribution in [1.82, 2.24) is 14.5 Å². The molecule has 0 bridgehead atoms. The van der Waals surface area contributed by atoms with Crippen LogP contribution in [0.3, 0.4) is 0 Å². The standard InChI is InChI=1S/C20H22FN3O/c1-12-8-16(12)9-24-14(3)13(2)18-19(24)20(23-11-22-18)25-10-15-4-6-17(21)7-5-15/h4-7,11-12,16H,8-10H2,1-3H3. The van der Waals surface area contributed by atoms with E-state index in [1.54, 1.807) is 18.5 Å². The molecule has 2 atom stereocenters. The molecule has 1 fully saturated rings. The highest BCUT2D eigenvalue weighted by atomic mass is 19.1. The van der Waals surface area contributed by atoms with Crippen LogP contribution in [0.25, 0.3) is 11.0 Å². The van der Waals surface area contributed by atoms with Crippen LogP contribution in [0, 0.1) is 31.5 Å². The zero-order valence-corrected chi connectivity index (χ0v) is 14.8. The molecule has 130 valence electrons. The number of aryl methyl sites for hydroxylation is 1. The third kappa shape index (κ3) is 2.99. The van der Waals surface area contributed by atoms with Crippen LogP contribution in [0.2, 0.25) is 0 Å². The number of rotatable bonds is 5. The first-order valence-corrected chi connectivity index (χ1v) is 8.72. The van der Waals surface area contributed by atoms with Crippen molar-refractivity contribution in [2.24, 2.45) is 11.8 Å². The summed E-state index contributed by atoms with van der Waals surface area (Å²) >= 11 is 0. The molecule has 4 rings (SSSR count). The second kappa shape index (κ2) is 6.14. The third-order valence-electron chi connectivity index (χ3n) is 5.34. The molecule has 1 saturated carbocycles. The maximum Gasteiger partial charge on any atom is 0.242 e. The lowest BCUT2D eigenvalue weighted by atomic mass is 10.2. The van der Waals surface area contributed by atoms with Crippen molar-refractivity contribution in [3.05, 3.63) is 53.2 Å². The van der Waals surface area contributed by atoms with Crippen molar-refractivity contribution < 1.29 is 9.13 Å². The molecule has 3 aromatic rings. The molecule has 0 aliphatic heterocycles. The Bertz CT molecular complexity index is 917. The van der Waals surface area contributed by atoms with E-state index in [9.17, 15) is 4.39 Å². The van der Waals surface area contributed by atoms with E-state index in [2.05, 4.69) is 35.3 Å². The van der Waals surface area contributed by atoms with Gasteiger partial charge < -0.3 is 9.30 Å². The summed E-state index contributed by atoms with van der Waals surface area (Å²) in [5, 5.41) is 0. The van der Waals surface area contributed by atoms with Crippen LogP contribution >= 0.6 is 0 Å². The molecular weight excluding hydrogens is 317 g/mol. The molecule has 1 aliphatic rings. The summed E-state index contributed by atoms with van der Waals surface area (Å²) in [6.07, 6.45) is 2.83. The molecule has 2 aromatic heterocycles. The zero-order chi connectivity index (χ0) is 17.6. The van der Waals surface area contributed by atoms with Crippen molar-refractivity contribution >= 4 is 11.0 Å². The quantitative estimate of drug-likeness (QED) is 0.691. The summed E-state index contributed by atoms with van der Waals surface area (Å²) in [4.78, 5) is 8.85. The van der Waals surface area contributed by atoms with Crippen LogP contribution < -0.4 is 4.74 Å². The van der Waals surface area contributed by atoms with Crippen LogP contribution in [-0.4, -0.2) is 14.5 Å². The maximum atomic E-state index is 13.1. The van der Waals surface area contributed by atoms with Gasteiger partial charge >= 0.3 is 0 Å². The predicted molar refractivity (Wildman–Crippen MR) is 95.0 cm³/mol. The summed E-state index contributed by atoms with van der Waals surface area (Å²) in [6.45, 7) is 7.86. The summed E-state index contributed by atoms with van der Waals surface area (Å²) in [5.74, 6) is 1.86. The minimum atomic E-state index is -0.244. The minimum Gasteiger partial charge on any atom is -0.471 e. The molecule has 1 aliphatic carbocycles. The first-order valence-electron chi connectivity index (χ1n) is 8.72. The van der Waals surface area contributed by atoms with Gasteiger partial charge in [0.15, 0.2) is 0 Å². The number of hydrogen-bond donors (Lipinski definition) is 0. The van der Waals surface area contributed by atoms with E-state index < -0.39 is 0 Å². The highest BCUT2D eigenvalue weighted by Gasteiger charge is 2.34. The van der Waals surface area contributed by atoms with E-state index in [0.29, 0.717) is 12.5 Å². The molecule has 1 aromatic carbocycles. The minimum absolute atomic E-state index is 0.244. The Morgan fingerprint density at radius 1 is 1.20 bits per heavy atom. The molecule has 0 radical (unpaired) electrons. The van der Waals surface area contributed by atoms with Crippen molar-refractivity contribution in [1.29, 1.82) is 0 Å². The van der Waals surface area contributed by atoms with Gasteiger partial charge in [0.1, 0.15) is 24.3 Å². The van der Waals surface area contributed by atoms with Crippen LogP contribution in [0.1, 0.15) is 30.2 Å². The zero-order valence-electron chi connectivity index (χ0n) is 14.8. The van der Waals surface area contributed by atoms with Crippen LogP contribution in [0.4, 0.5) is 4.39 Å². The Morgan fingerprint density at radius 3 is 2.60 bits per heavy atom. The molecular formula is C20H22FN3O. The Kier molecular flexibility index (Phi) is 3.94. The number of halogens is 1. The number of aromatic nitrogens is 3. The van der Waals surface area contributed by atoms with E-state index in [1.807, 2.05) is 0 Å². The number of nitrogens with zero attached hydrogens (tertiary/aromatic N) is 3. The van der Waals surface area contributed by atoms with Gasteiger partial charge in [0.25, 0.3) is 0 Å². The first kappa shape index (κ1) is 16.1. The molecule has 0 amide bonds. The number of hydrogen-bond acceptors (Lipinski definition) is 3. The van der Waals surface area contributed by atoms with E-state index in [0.717, 1.165) is 35.0 Å². The lowest BCUT2D eigenvalue weighted by Gasteiger charge is -2.11. The average Bonchev–Trinajstić information content (AvgIpc) is 3.26. The molecule has 4 nitrogen and oxygen atoms in total. The summed E-state index contributed by atoms with van der Waals surface area (Å²) < 4.78 is 21.3. The predicted octanol–water partition coefficient (Wildman–Crippen LogP) is 4.42. The van der Waals surface area contributed by atoms with Gasteiger partial charge in [-0.2, -0.15) is 4.98 Å². The van der Waals surface area contributed by atoms with Crippen molar-refractivity contribution in [3.8, 4) is 5.88 Å². The second-order valence-corrected chi connectivity index (χ2v) is 7.09. The lowest BCUT2D eigenvalue weighted by molar-refractivity contribution is 0.295. The van der Waals surface area contributed by atoms with Crippen LogP contribution in [-0.2, 0) is 13.2 Å². The molecule has 2 heterocycles. The first-order chi connectivity index (χ1) is 12.0. The fourth-order valence-electron chi connectivity index (χ4n) is 3.38. The third-order valence-corrected chi connectivity index (χ3v) is 5.34. The molecule has 2 unspecified atom stereocenters. The number of fused-ring (bicyclic) bond motifs is 1. The lowest BCUT2D eigenvalue weighted by Crippen LogP contribution is -2.06. The molecule has 0 saturated heterocycles. The number of benzene rings is 1. The number of ether oxygens (including phenoxy) is 1. The highest BCUT2D eigenvalue weighted by molar-refractivity contribution is 5.85. The van der Waals surface area contributed by atoms with Gasteiger partial charge in [0.2, 0.25) is 5.88 Å². The van der Waals surface area contributed by atoms with Crippen molar-refractivity contribution in [2.75, 3.05) is 0 Å². The largest absolute Gasteiger partial charge is 0.471 e. The van der Waals surface area contributed by atoms with E-state index in [-0.39, 0.29) is 5.82 Å². The summed E-state index contributed by atoms with van der Waals surface area (Å²) in [7, 11) is 0. The molecule has 5 heteroatoms. The van der Waals surface area contributed by atoms with Gasteiger partial charge in [0.05, 0.1) is 5.52 Å². The maximum absolute atomic E-state index is 13.1. The van der Waals surface area contributed by atoms with E-state index in [1.165, 1.54) is 29.8 Å². The van der Waals surface area contributed by atoms with E-state index in [4.69, 9.17) is 4.74 Å². The van der Waals surface area contributed by atoms with Gasteiger partial charge in [-0.25, -0.2) is 9.37 Å². The molecule has 0 N–H and O–H groups in total. The topological polar surface area (TPSA) is 39.9 Å². The van der Waals surface area contributed by atoms with Crippen molar-refractivity contribution in [2.45, 2.75) is 40.3 Å². The van der Waals surface area contributed by atoms with Gasteiger partial charge in [0, 0.05) is 12.2 Å². The van der Waals surface area contributed by atoms with Crippen LogP contribution in [0.5, 0.6) is 5.88 Å². The fraction of sp³-hybridized carbons (Fsp3) is 0.400. The smallest absolute Gasteiger partial charge is 0.242 e. The summed E-state index contributed by atoms with van der Waals surface area (Å²) in [5.41, 5.74) is 5.24. The van der Waals surface area contributed by atoms with Crippen molar-refractivity contribution in [3.63, 3.8) is 0 Å². The summed E-state index contributed by atoms with van der Waals surface area (Å²) in [6, 6.07) is 6.35. The Balaban J connectivity index is 1.68. The Labute approximate surface area is 146 Å². The molecule has 25 heavy (non-hydrogen) atoms.